The van der Waals surface area contributed by atoms with E-state index >= 15 is 0 Å². The second-order valence-electron chi connectivity index (χ2n) is 8.74. The zero-order valence-corrected chi connectivity index (χ0v) is 22.7. The average molecular weight is 523 g/mol. The van der Waals surface area contributed by atoms with Crippen LogP contribution in [-0.2, 0) is 4.74 Å². The summed E-state index contributed by atoms with van der Waals surface area (Å²) in [6.45, 7) is 12.9. The predicted molar refractivity (Wildman–Crippen MR) is 148 cm³/mol. The van der Waals surface area contributed by atoms with E-state index in [1.54, 1.807) is 43.7 Å². The fraction of sp³-hybridized carbons (Fsp3) is 0.429. The number of urea groups is 1. The van der Waals surface area contributed by atoms with Gasteiger partial charge in [0.25, 0.3) is 5.88 Å². The predicted octanol–water partition coefficient (Wildman–Crippen LogP) is 4.83. The molecule has 0 fully saturated rings. The Bertz CT molecular complexity index is 1230. The Morgan fingerprint density at radius 2 is 2.05 bits per heavy atom. The average Bonchev–Trinajstić information content (AvgIpc) is 3.41. The first kappa shape index (κ1) is 28.6. The van der Waals surface area contributed by atoms with Gasteiger partial charge in [0, 0.05) is 50.5 Å². The molecular weight excluding hydrogens is 484 g/mol. The number of carbonyl (C=O) groups excluding carboxylic acids is 1. The Balaban J connectivity index is 1.93. The van der Waals surface area contributed by atoms with Crippen LogP contribution in [-0.4, -0.2) is 70.3 Å². The van der Waals surface area contributed by atoms with E-state index in [0.717, 1.165) is 5.56 Å². The highest BCUT2D eigenvalue weighted by Gasteiger charge is 2.25. The number of hydrogen-bond donors (Lipinski definition) is 1. The van der Waals surface area contributed by atoms with E-state index in [1.165, 1.54) is 0 Å². The zero-order valence-electron chi connectivity index (χ0n) is 22.7. The van der Waals surface area contributed by atoms with Crippen LogP contribution < -0.4 is 14.8 Å². The van der Waals surface area contributed by atoms with Crippen molar-refractivity contribution < 1.29 is 19.0 Å². The number of aromatic nitrogens is 4. The second-order valence-corrected chi connectivity index (χ2v) is 8.74. The van der Waals surface area contributed by atoms with Crippen LogP contribution in [0, 0.1) is 0 Å². The maximum absolute atomic E-state index is 13.2. The molecule has 0 saturated carbocycles. The van der Waals surface area contributed by atoms with Crippen LogP contribution in [0.2, 0.25) is 0 Å². The molecule has 10 heteroatoms. The molecule has 0 aliphatic carbocycles. The lowest BCUT2D eigenvalue weighted by Gasteiger charge is -2.30. The molecule has 10 nitrogen and oxygen atoms in total. The molecule has 3 aromatic rings. The van der Waals surface area contributed by atoms with Gasteiger partial charge in [0.1, 0.15) is 5.75 Å². The molecule has 204 valence electrons. The molecule has 2 amide bonds. The SMILES string of the molecule is C=CCCOc1nc(-c2cc([C@@H](C)N(CC)C(=O)NC(CC=C)CCOC)ncc2OC)cn2ccnc12. The minimum atomic E-state index is -0.309. The van der Waals surface area contributed by atoms with Gasteiger partial charge < -0.3 is 28.8 Å². The first-order chi connectivity index (χ1) is 18.5. The van der Waals surface area contributed by atoms with Crippen molar-refractivity contribution in [2.45, 2.75) is 45.2 Å². The minimum absolute atomic E-state index is 0.0637. The molecule has 1 N–H and O–H groups in total. The van der Waals surface area contributed by atoms with Crippen molar-refractivity contribution >= 4 is 11.7 Å². The third-order valence-corrected chi connectivity index (χ3v) is 6.23. The molecule has 0 radical (unpaired) electrons. The molecule has 3 rings (SSSR count). The van der Waals surface area contributed by atoms with E-state index < -0.39 is 0 Å². The Kier molecular flexibility index (Phi) is 10.7. The molecule has 0 saturated heterocycles. The van der Waals surface area contributed by atoms with Gasteiger partial charge in [0.05, 0.1) is 37.3 Å². The molecule has 3 aromatic heterocycles. The van der Waals surface area contributed by atoms with E-state index in [9.17, 15) is 4.79 Å². The van der Waals surface area contributed by atoms with E-state index in [0.29, 0.717) is 67.7 Å². The fourth-order valence-electron chi connectivity index (χ4n) is 4.14. The highest BCUT2D eigenvalue weighted by Crippen LogP contribution is 2.33. The minimum Gasteiger partial charge on any atom is -0.494 e. The Labute approximate surface area is 224 Å². The zero-order chi connectivity index (χ0) is 27.5. The maximum Gasteiger partial charge on any atom is 0.318 e. The van der Waals surface area contributed by atoms with Crippen molar-refractivity contribution in [3.63, 3.8) is 0 Å². The van der Waals surface area contributed by atoms with Crippen LogP contribution in [0.15, 0.2) is 56.2 Å². The highest BCUT2D eigenvalue weighted by atomic mass is 16.5. The second kappa shape index (κ2) is 14.1. The Morgan fingerprint density at radius 1 is 1.24 bits per heavy atom. The van der Waals surface area contributed by atoms with Crippen LogP contribution >= 0.6 is 0 Å². The molecule has 1 unspecified atom stereocenters. The summed E-state index contributed by atoms with van der Waals surface area (Å²) in [5, 5.41) is 3.11. The largest absolute Gasteiger partial charge is 0.494 e. The number of rotatable bonds is 15. The highest BCUT2D eigenvalue weighted by molar-refractivity contribution is 5.75. The monoisotopic (exact) mass is 522 g/mol. The lowest BCUT2D eigenvalue weighted by atomic mass is 10.1. The van der Waals surface area contributed by atoms with E-state index in [4.69, 9.17) is 19.2 Å². The van der Waals surface area contributed by atoms with E-state index in [1.807, 2.05) is 36.7 Å². The van der Waals surface area contributed by atoms with Gasteiger partial charge in [-0.05, 0) is 39.2 Å². The van der Waals surface area contributed by atoms with Gasteiger partial charge in [-0.2, -0.15) is 0 Å². The summed E-state index contributed by atoms with van der Waals surface area (Å²) in [6, 6.07) is 1.37. The van der Waals surface area contributed by atoms with Crippen LogP contribution in [0.3, 0.4) is 0 Å². The quantitative estimate of drug-likeness (QED) is 0.225. The molecule has 2 atom stereocenters. The maximum atomic E-state index is 13.2. The molecule has 0 aliphatic heterocycles. The van der Waals surface area contributed by atoms with Crippen LogP contribution in [0.1, 0.15) is 44.8 Å². The van der Waals surface area contributed by atoms with Crippen molar-refractivity contribution in [1.82, 2.24) is 29.6 Å². The third-order valence-electron chi connectivity index (χ3n) is 6.23. The van der Waals surface area contributed by atoms with Crippen LogP contribution in [0.4, 0.5) is 4.79 Å². The fourth-order valence-corrected chi connectivity index (χ4v) is 4.14. The molecule has 0 aromatic carbocycles. The number of amides is 2. The molecule has 0 bridgehead atoms. The summed E-state index contributed by atoms with van der Waals surface area (Å²) in [7, 11) is 3.24. The van der Waals surface area contributed by atoms with Gasteiger partial charge in [-0.3, -0.25) is 4.98 Å². The summed E-state index contributed by atoms with van der Waals surface area (Å²) < 4.78 is 18.6. The number of methoxy groups -OCH3 is 2. The van der Waals surface area contributed by atoms with Crippen LogP contribution in [0.5, 0.6) is 11.6 Å². The lowest BCUT2D eigenvalue weighted by molar-refractivity contribution is 0.164. The lowest BCUT2D eigenvalue weighted by Crippen LogP contribution is -2.46. The number of carbonyl (C=O) groups is 1. The first-order valence-corrected chi connectivity index (χ1v) is 12.8. The molecule has 0 aliphatic rings. The summed E-state index contributed by atoms with van der Waals surface area (Å²) in [4.78, 5) is 28.7. The molecule has 3 heterocycles. The van der Waals surface area contributed by atoms with Gasteiger partial charge in [0.2, 0.25) is 5.65 Å². The smallest absolute Gasteiger partial charge is 0.318 e. The van der Waals surface area contributed by atoms with Gasteiger partial charge in [-0.25, -0.2) is 14.8 Å². The van der Waals surface area contributed by atoms with Crippen molar-refractivity contribution in [1.29, 1.82) is 0 Å². The number of fused-ring (bicyclic) bond motifs is 1. The number of nitrogens with zero attached hydrogens (tertiary/aromatic N) is 5. The van der Waals surface area contributed by atoms with Crippen molar-refractivity contribution in [3.05, 3.63) is 61.9 Å². The number of pyridine rings is 1. The summed E-state index contributed by atoms with van der Waals surface area (Å²) in [5.74, 6) is 0.977. The van der Waals surface area contributed by atoms with Crippen molar-refractivity contribution in [2.75, 3.05) is 34.0 Å². The van der Waals surface area contributed by atoms with E-state index in [2.05, 4.69) is 28.4 Å². The van der Waals surface area contributed by atoms with Crippen molar-refractivity contribution in [2.24, 2.45) is 0 Å². The van der Waals surface area contributed by atoms with Gasteiger partial charge in [-0.1, -0.05) is 12.2 Å². The number of ether oxygens (including phenoxy) is 3. The summed E-state index contributed by atoms with van der Waals surface area (Å²) >= 11 is 0. The standard InChI is InChI=1S/C28H38N6O4/c1-7-10-15-38-27-26-29-13-14-33(26)19-24(32-27)22-17-23(30-18-25(22)37-6)20(4)34(9-3)28(35)31-21(11-8-2)12-16-36-5/h7-8,13-14,17-21H,1-2,9-12,15-16H2,3-6H3,(H,31,35)/t20-,21?/m1/s1. The number of nitrogens with one attached hydrogen (secondary N) is 1. The van der Waals surface area contributed by atoms with Gasteiger partial charge >= 0.3 is 6.03 Å². The Hall–Kier alpha value is -3.92. The Morgan fingerprint density at radius 3 is 2.74 bits per heavy atom. The number of hydrogen-bond acceptors (Lipinski definition) is 7. The third kappa shape index (κ3) is 6.89. The van der Waals surface area contributed by atoms with Gasteiger partial charge in [-0.15, -0.1) is 13.2 Å². The van der Waals surface area contributed by atoms with Crippen LogP contribution in [0.25, 0.3) is 16.9 Å². The topological polar surface area (TPSA) is 103 Å². The first-order valence-electron chi connectivity index (χ1n) is 12.8. The molecular formula is C28H38N6O4. The van der Waals surface area contributed by atoms with Crippen molar-refractivity contribution in [3.8, 4) is 22.9 Å². The van der Waals surface area contributed by atoms with Gasteiger partial charge in [0.15, 0.2) is 0 Å². The van der Waals surface area contributed by atoms with E-state index in [-0.39, 0.29) is 18.1 Å². The number of imidazole rings is 1. The molecule has 38 heavy (non-hydrogen) atoms. The summed E-state index contributed by atoms with van der Waals surface area (Å²) in [6.07, 6.45) is 12.7. The molecule has 0 spiro atoms. The normalized spacial score (nSPS) is 12.5. The summed E-state index contributed by atoms with van der Waals surface area (Å²) in [5.41, 5.74) is 2.69.